The van der Waals surface area contributed by atoms with E-state index in [4.69, 9.17) is 30.1 Å². The Kier molecular flexibility index (Phi) is 5.99. The minimum Gasteiger partial charge on any atom is -0.424 e. The number of fused-ring (bicyclic) bond motifs is 1. The predicted octanol–water partition coefficient (Wildman–Crippen LogP) is 1.23. The van der Waals surface area contributed by atoms with Gasteiger partial charge >= 0.3 is 6.72 Å². The van der Waals surface area contributed by atoms with Crippen LogP contribution in [0.3, 0.4) is 0 Å². The minimum absolute atomic E-state index is 0.0465. The van der Waals surface area contributed by atoms with Crippen LogP contribution in [-0.2, 0) is 41.8 Å². The maximum Gasteiger partial charge on any atom is 0.381 e. The van der Waals surface area contributed by atoms with E-state index in [1.807, 2.05) is 0 Å². The third kappa shape index (κ3) is 4.05. The second-order valence-corrected chi connectivity index (χ2v) is 10.1. The molecule has 3 aliphatic heterocycles. The van der Waals surface area contributed by atoms with E-state index in [2.05, 4.69) is 0 Å². The van der Waals surface area contributed by atoms with Gasteiger partial charge in [0.25, 0.3) is 6.43 Å². The zero-order valence-corrected chi connectivity index (χ0v) is 17.5. The number of benzene rings is 1. The number of carbonyl (C=O) groups excluding carboxylic acids is 2. The van der Waals surface area contributed by atoms with Gasteiger partial charge in [-0.15, -0.1) is 0 Å². The van der Waals surface area contributed by atoms with E-state index in [-0.39, 0.29) is 6.61 Å². The smallest absolute Gasteiger partial charge is 0.381 e. The number of amides is 1. The van der Waals surface area contributed by atoms with Gasteiger partial charge < -0.3 is 19.5 Å². The molecule has 0 bridgehead atoms. The number of carbonyl (C=O) groups is 2. The lowest BCUT2D eigenvalue weighted by atomic mass is 9.96. The van der Waals surface area contributed by atoms with Gasteiger partial charge in [-0.3, -0.25) is 23.5 Å². The molecule has 3 aliphatic rings. The molecule has 0 aliphatic carbocycles. The van der Waals surface area contributed by atoms with E-state index >= 15 is 0 Å². The van der Waals surface area contributed by atoms with Crippen LogP contribution in [0.25, 0.3) is 0 Å². The van der Waals surface area contributed by atoms with E-state index in [1.54, 1.807) is 24.3 Å². The molecule has 31 heavy (non-hydrogen) atoms. The van der Waals surface area contributed by atoms with E-state index in [1.165, 1.54) is 0 Å². The van der Waals surface area contributed by atoms with Crippen molar-refractivity contribution < 1.29 is 46.9 Å². The molecular weight excluding hydrogens is 459 g/mol. The van der Waals surface area contributed by atoms with E-state index in [0.717, 1.165) is 17.2 Å². The van der Waals surface area contributed by atoms with Crippen LogP contribution in [0.1, 0.15) is 12.0 Å². The van der Waals surface area contributed by atoms with Crippen molar-refractivity contribution in [3.05, 3.63) is 42.1 Å². The molecule has 1 fully saturated rings. The van der Waals surface area contributed by atoms with Crippen molar-refractivity contribution >= 4 is 30.2 Å². The number of rotatable bonds is 5. The lowest BCUT2D eigenvalue weighted by Crippen LogP contribution is -2.52. The molecule has 0 spiro atoms. The number of hydrogen-bond donors (Lipinski definition) is 2. The quantitative estimate of drug-likeness (QED) is 0.478. The standard InChI is InChI=1S/C18H18F2NO8PS/c19-17(20)18(9-27-30(31)26-8-10-3-1-2-4-12(10)29-30)15(25)14(24)16(28-18)21-6-5-11(22)7-13(21)23/h1-6,14-17,24-25H,7-9H2/t14-,15-,16-,18-,30?/m1/s1. The lowest BCUT2D eigenvalue weighted by Gasteiger charge is -2.35. The molecule has 9 nitrogen and oxygen atoms in total. The molecule has 5 atom stereocenters. The topological polar surface area (TPSA) is 115 Å². The molecule has 0 saturated carbocycles. The summed E-state index contributed by atoms with van der Waals surface area (Å²) in [5.74, 6) is -0.859. The Morgan fingerprint density at radius 1 is 1.32 bits per heavy atom. The minimum atomic E-state index is -3.51. The Morgan fingerprint density at radius 3 is 2.77 bits per heavy atom. The molecule has 2 N–H and O–H groups in total. The largest absolute Gasteiger partial charge is 0.424 e. The third-order valence-corrected chi connectivity index (χ3v) is 7.31. The van der Waals surface area contributed by atoms with Crippen molar-refractivity contribution in [1.82, 2.24) is 4.90 Å². The summed E-state index contributed by atoms with van der Waals surface area (Å²) < 4.78 is 49.9. The number of halogens is 2. The van der Waals surface area contributed by atoms with Crippen molar-refractivity contribution in [2.45, 2.75) is 43.5 Å². The van der Waals surface area contributed by atoms with Crippen molar-refractivity contribution in [3.63, 3.8) is 0 Å². The first-order valence-electron chi connectivity index (χ1n) is 9.16. The van der Waals surface area contributed by atoms with Crippen molar-refractivity contribution in [3.8, 4) is 5.75 Å². The summed E-state index contributed by atoms with van der Waals surface area (Å²) in [5, 5.41) is 20.8. The average molecular weight is 477 g/mol. The maximum atomic E-state index is 14.1. The van der Waals surface area contributed by atoms with Crippen LogP contribution in [0.4, 0.5) is 8.78 Å². The second-order valence-electron chi connectivity index (χ2n) is 7.15. The summed E-state index contributed by atoms with van der Waals surface area (Å²) in [5.41, 5.74) is -2.01. The number of allylic oxidation sites excluding steroid dienone is 1. The Labute approximate surface area is 180 Å². The molecule has 13 heteroatoms. The molecule has 3 heterocycles. The monoisotopic (exact) mass is 477 g/mol. The summed E-state index contributed by atoms with van der Waals surface area (Å²) in [6.45, 7) is -4.43. The fourth-order valence-electron chi connectivity index (χ4n) is 3.42. The first kappa shape index (κ1) is 22.4. The Morgan fingerprint density at radius 2 is 2.06 bits per heavy atom. The Hall–Kier alpha value is -1.79. The molecule has 1 unspecified atom stereocenters. The van der Waals surface area contributed by atoms with Crippen LogP contribution >= 0.6 is 6.72 Å². The molecule has 0 aromatic heterocycles. The van der Waals surface area contributed by atoms with Gasteiger partial charge in [0.1, 0.15) is 18.0 Å². The van der Waals surface area contributed by atoms with Gasteiger partial charge in [0.15, 0.2) is 17.6 Å². The SMILES string of the molecule is O=C1C=CN([C@@H]2O[C@@](COP3(=S)OCc4ccccc4O3)(C(F)F)[C@H](O)[C@H]2O)C(=O)C1. The number of ether oxygens (including phenoxy) is 1. The number of aliphatic hydroxyl groups excluding tert-OH is 2. The number of alkyl halides is 2. The fourth-order valence-corrected chi connectivity index (χ4v) is 5.23. The molecule has 0 radical (unpaired) electrons. The van der Waals surface area contributed by atoms with Gasteiger partial charge in [-0.2, -0.15) is 0 Å². The van der Waals surface area contributed by atoms with Crippen molar-refractivity contribution in [1.29, 1.82) is 0 Å². The second kappa shape index (κ2) is 8.28. The summed E-state index contributed by atoms with van der Waals surface area (Å²) in [4.78, 5) is 24.3. The fraction of sp³-hybridized carbons (Fsp3) is 0.444. The summed E-state index contributed by atoms with van der Waals surface area (Å²) >= 11 is 5.24. The normalized spacial score (nSPS) is 35.4. The third-order valence-electron chi connectivity index (χ3n) is 5.14. The van der Waals surface area contributed by atoms with Crippen LogP contribution in [0.15, 0.2) is 36.5 Å². The zero-order valence-electron chi connectivity index (χ0n) is 15.8. The molecule has 1 amide bonds. The van der Waals surface area contributed by atoms with Crippen LogP contribution in [0.5, 0.6) is 5.75 Å². The van der Waals surface area contributed by atoms with Gasteiger partial charge in [0.2, 0.25) is 5.91 Å². The van der Waals surface area contributed by atoms with Gasteiger partial charge in [0, 0.05) is 23.6 Å². The summed E-state index contributed by atoms with van der Waals surface area (Å²) in [6, 6.07) is 6.83. The van der Waals surface area contributed by atoms with E-state index in [0.29, 0.717) is 11.3 Å². The highest BCUT2D eigenvalue weighted by Gasteiger charge is 2.62. The number of ketones is 1. The highest BCUT2D eigenvalue weighted by Crippen LogP contribution is 2.56. The molecule has 168 valence electrons. The maximum absolute atomic E-state index is 14.1. The first-order chi connectivity index (χ1) is 14.7. The highest BCUT2D eigenvalue weighted by atomic mass is 32.5. The van der Waals surface area contributed by atoms with Gasteiger partial charge in [0.05, 0.1) is 19.6 Å². The lowest BCUT2D eigenvalue weighted by molar-refractivity contribution is -0.200. The van der Waals surface area contributed by atoms with Gasteiger partial charge in [-0.25, -0.2) is 8.78 Å². The zero-order chi connectivity index (χ0) is 22.4. The van der Waals surface area contributed by atoms with E-state index < -0.39 is 61.9 Å². The van der Waals surface area contributed by atoms with Gasteiger partial charge in [-0.05, 0) is 12.1 Å². The predicted molar refractivity (Wildman–Crippen MR) is 103 cm³/mol. The molecule has 4 rings (SSSR count). The first-order valence-corrected chi connectivity index (χ1v) is 11.7. The van der Waals surface area contributed by atoms with Crippen LogP contribution in [-0.4, -0.2) is 63.9 Å². The van der Waals surface area contributed by atoms with Crippen molar-refractivity contribution in [2.75, 3.05) is 6.61 Å². The van der Waals surface area contributed by atoms with Crippen molar-refractivity contribution in [2.24, 2.45) is 0 Å². The van der Waals surface area contributed by atoms with E-state index in [9.17, 15) is 28.6 Å². The van der Waals surface area contributed by atoms with Crippen LogP contribution < -0.4 is 4.52 Å². The number of hydrogen-bond acceptors (Lipinski definition) is 9. The molecule has 1 saturated heterocycles. The number of para-hydroxylation sites is 1. The van der Waals surface area contributed by atoms with Crippen LogP contribution in [0, 0.1) is 0 Å². The molecular formula is C18H18F2NO8PS. The Balaban J connectivity index is 1.54. The average Bonchev–Trinajstić information content (AvgIpc) is 2.98. The van der Waals surface area contributed by atoms with Gasteiger partial charge in [-0.1, -0.05) is 18.2 Å². The molecule has 1 aromatic rings. The highest BCUT2D eigenvalue weighted by molar-refractivity contribution is 8.07. The Bertz CT molecular complexity index is 978. The summed E-state index contributed by atoms with van der Waals surface area (Å²) in [6.07, 6.45) is -7.46. The van der Waals surface area contributed by atoms with Crippen LogP contribution in [0.2, 0.25) is 0 Å². The number of aliphatic hydroxyl groups is 2. The number of nitrogens with zero attached hydrogens (tertiary/aromatic N) is 1. The molecule has 1 aromatic carbocycles. The summed E-state index contributed by atoms with van der Waals surface area (Å²) in [7, 11) is 0.